The number of carboxylic acids is 1. The van der Waals surface area contributed by atoms with E-state index >= 15 is 0 Å². The summed E-state index contributed by atoms with van der Waals surface area (Å²) in [4.78, 5) is 29.8. The molecule has 0 aliphatic rings. The van der Waals surface area contributed by atoms with Gasteiger partial charge < -0.3 is 15.7 Å². The van der Waals surface area contributed by atoms with Crippen LogP contribution in [-0.2, 0) is 11.3 Å². The van der Waals surface area contributed by atoms with Crippen molar-refractivity contribution in [2.75, 3.05) is 6.54 Å². The van der Waals surface area contributed by atoms with E-state index in [4.69, 9.17) is 5.11 Å². The molecule has 7 heteroatoms. The van der Waals surface area contributed by atoms with Crippen molar-refractivity contribution in [2.45, 2.75) is 26.3 Å². The van der Waals surface area contributed by atoms with E-state index in [9.17, 15) is 9.59 Å². The van der Waals surface area contributed by atoms with Gasteiger partial charge in [0.25, 0.3) is 0 Å². The summed E-state index contributed by atoms with van der Waals surface area (Å²) >= 11 is 0. The summed E-state index contributed by atoms with van der Waals surface area (Å²) in [6, 6.07) is 1.38. The molecule has 1 rings (SSSR count). The Balaban J connectivity index is 2.25. The monoisotopic (exact) mass is 266 g/mol. The van der Waals surface area contributed by atoms with Crippen molar-refractivity contribution in [3.8, 4) is 0 Å². The molecule has 104 valence electrons. The van der Waals surface area contributed by atoms with Gasteiger partial charge in [0.15, 0.2) is 0 Å². The van der Waals surface area contributed by atoms with E-state index in [1.807, 2.05) is 6.92 Å². The van der Waals surface area contributed by atoms with Crippen LogP contribution < -0.4 is 10.6 Å². The Kier molecular flexibility index (Phi) is 6.28. The summed E-state index contributed by atoms with van der Waals surface area (Å²) in [6.07, 6.45) is 3.78. The fourth-order valence-corrected chi connectivity index (χ4v) is 1.50. The molecule has 3 N–H and O–H groups in total. The van der Waals surface area contributed by atoms with Crippen molar-refractivity contribution in [3.05, 3.63) is 24.3 Å². The SMILES string of the molecule is CCC(CNC(=O)NCc1ccncn1)CC(=O)O. The lowest BCUT2D eigenvalue weighted by Crippen LogP contribution is -2.38. The second-order valence-electron chi connectivity index (χ2n) is 4.14. The third-order valence-corrected chi connectivity index (χ3v) is 2.67. The summed E-state index contributed by atoms with van der Waals surface area (Å²) in [5.41, 5.74) is 0.711. The first-order valence-corrected chi connectivity index (χ1v) is 6.10. The van der Waals surface area contributed by atoms with E-state index in [0.29, 0.717) is 25.2 Å². The zero-order valence-corrected chi connectivity index (χ0v) is 10.8. The average Bonchev–Trinajstić information content (AvgIpc) is 2.42. The van der Waals surface area contributed by atoms with Crippen LogP contribution in [0.4, 0.5) is 4.79 Å². The van der Waals surface area contributed by atoms with Gasteiger partial charge in [0, 0.05) is 19.2 Å². The van der Waals surface area contributed by atoms with Gasteiger partial charge in [-0.25, -0.2) is 14.8 Å². The number of aliphatic carboxylic acids is 1. The number of hydrogen-bond donors (Lipinski definition) is 3. The van der Waals surface area contributed by atoms with Gasteiger partial charge >= 0.3 is 12.0 Å². The Bertz CT molecular complexity index is 411. The third-order valence-electron chi connectivity index (χ3n) is 2.67. The molecule has 0 aliphatic heterocycles. The van der Waals surface area contributed by atoms with Crippen molar-refractivity contribution in [1.82, 2.24) is 20.6 Å². The maximum absolute atomic E-state index is 11.5. The Morgan fingerprint density at radius 2 is 2.21 bits per heavy atom. The van der Waals surface area contributed by atoms with Crippen LogP contribution in [0.25, 0.3) is 0 Å². The Morgan fingerprint density at radius 3 is 2.79 bits per heavy atom. The highest BCUT2D eigenvalue weighted by molar-refractivity contribution is 5.74. The summed E-state index contributed by atoms with van der Waals surface area (Å²) in [5, 5.41) is 14.0. The number of urea groups is 1. The fraction of sp³-hybridized carbons (Fsp3) is 0.500. The van der Waals surface area contributed by atoms with Crippen LogP contribution in [0.2, 0.25) is 0 Å². The van der Waals surface area contributed by atoms with E-state index < -0.39 is 5.97 Å². The largest absolute Gasteiger partial charge is 0.481 e. The predicted molar refractivity (Wildman–Crippen MR) is 68.3 cm³/mol. The van der Waals surface area contributed by atoms with Crippen molar-refractivity contribution in [1.29, 1.82) is 0 Å². The van der Waals surface area contributed by atoms with Crippen molar-refractivity contribution >= 4 is 12.0 Å². The molecule has 1 heterocycles. The Hall–Kier alpha value is -2.18. The molecule has 0 fully saturated rings. The van der Waals surface area contributed by atoms with Gasteiger partial charge in [-0.05, 0) is 12.0 Å². The van der Waals surface area contributed by atoms with Crippen LogP contribution in [0.5, 0.6) is 0 Å². The molecule has 0 saturated heterocycles. The predicted octanol–water partition coefficient (Wildman–Crippen LogP) is 0.777. The quantitative estimate of drug-likeness (QED) is 0.676. The minimum atomic E-state index is -0.852. The Labute approximate surface area is 111 Å². The molecule has 0 spiro atoms. The van der Waals surface area contributed by atoms with E-state index in [0.717, 1.165) is 0 Å². The normalized spacial score (nSPS) is 11.6. The number of carboxylic acid groups (broad SMARTS) is 1. The first-order valence-electron chi connectivity index (χ1n) is 6.10. The lowest BCUT2D eigenvalue weighted by molar-refractivity contribution is -0.138. The first kappa shape index (κ1) is 14.9. The van der Waals surface area contributed by atoms with Crippen LogP contribution in [0.1, 0.15) is 25.5 Å². The molecular formula is C12H18N4O3. The number of nitrogens with one attached hydrogen (secondary N) is 2. The van der Waals surface area contributed by atoms with E-state index in [1.54, 1.807) is 12.3 Å². The molecule has 19 heavy (non-hydrogen) atoms. The lowest BCUT2D eigenvalue weighted by atomic mass is 10.0. The summed E-state index contributed by atoms with van der Waals surface area (Å²) in [7, 11) is 0. The highest BCUT2D eigenvalue weighted by Gasteiger charge is 2.12. The molecular weight excluding hydrogens is 248 g/mol. The molecule has 1 unspecified atom stereocenters. The van der Waals surface area contributed by atoms with Crippen LogP contribution in [0, 0.1) is 5.92 Å². The smallest absolute Gasteiger partial charge is 0.315 e. The van der Waals surface area contributed by atoms with Gasteiger partial charge in [-0.2, -0.15) is 0 Å². The Morgan fingerprint density at radius 1 is 1.42 bits per heavy atom. The van der Waals surface area contributed by atoms with Crippen LogP contribution >= 0.6 is 0 Å². The molecule has 1 atom stereocenters. The molecule has 0 radical (unpaired) electrons. The molecule has 0 aliphatic carbocycles. The first-order chi connectivity index (χ1) is 9.11. The van der Waals surface area contributed by atoms with E-state index in [2.05, 4.69) is 20.6 Å². The molecule has 0 aromatic carbocycles. The molecule has 2 amide bonds. The zero-order valence-electron chi connectivity index (χ0n) is 10.8. The number of nitrogens with zero attached hydrogens (tertiary/aromatic N) is 2. The van der Waals surface area contributed by atoms with Crippen molar-refractivity contribution in [2.24, 2.45) is 5.92 Å². The maximum Gasteiger partial charge on any atom is 0.315 e. The fourth-order valence-electron chi connectivity index (χ4n) is 1.50. The number of carbonyl (C=O) groups is 2. The number of aromatic nitrogens is 2. The van der Waals surface area contributed by atoms with Gasteiger partial charge in [0.05, 0.1) is 12.2 Å². The van der Waals surface area contributed by atoms with E-state index in [1.165, 1.54) is 6.33 Å². The molecule has 7 nitrogen and oxygen atoms in total. The maximum atomic E-state index is 11.5. The summed E-state index contributed by atoms with van der Waals surface area (Å²) < 4.78 is 0. The third kappa shape index (κ3) is 6.35. The van der Waals surface area contributed by atoms with Crippen LogP contribution in [-0.4, -0.2) is 33.6 Å². The van der Waals surface area contributed by atoms with Gasteiger partial charge in [0.1, 0.15) is 6.33 Å². The van der Waals surface area contributed by atoms with Gasteiger partial charge in [-0.3, -0.25) is 4.79 Å². The summed E-state index contributed by atoms with van der Waals surface area (Å²) in [6.45, 7) is 2.55. The number of rotatable bonds is 7. The molecule has 0 saturated carbocycles. The summed E-state index contributed by atoms with van der Waals surface area (Å²) in [5.74, 6) is -0.905. The number of amides is 2. The topological polar surface area (TPSA) is 104 Å². The van der Waals surface area contributed by atoms with Crippen LogP contribution in [0.15, 0.2) is 18.6 Å². The lowest BCUT2D eigenvalue weighted by Gasteiger charge is -2.13. The second-order valence-corrected chi connectivity index (χ2v) is 4.14. The number of carbonyl (C=O) groups excluding carboxylic acids is 1. The van der Waals surface area contributed by atoms with Gasteiger partial charge in [-0.15, -0.1) is 0 Å². The van der Waals surface area contributed by atoms with E-state index in [-0.39, 0.29) is 18.4 Å². The second kappa shape index (κ2) is 8.02. The molecule has 1 aromatic rings. The van der Waals surface area contributed by atoms with Crippen LogP contribution in [0.3, 0.4) is 0 Å². The van der Waals surface area contributed by atoms with Crippen molar-refractivity contribution < 1.29 is 14.7 Å². The molecule has 1 aromatic heterocycles. The minimum absolute atomic E-state index is 0.0534. The number of hydrogen-bond acceptors (Lipinski definition) is 4. The average molecular weight is 266 g/mol. The zero-order chi connectivity index (χ0) is 14.1. The highest BCUT2D eigenvalue weighted by Crippen LogP contribution is 2.06. The van der Waals surface area contributed by atoms with Crippen molar-refractivity contribution in [3.63, 3.8) is 0 Å². The van der Waals surface area contributed by atoms with Gasteiger partial charge in [-0.1, -0.05) is 13.3 Å². The molecule has 0 bridgehead atoms. The standard InChI is InChI=1S/C12H18N4O3/c1-2-9(5-11(17)18)6-14-12(19)15-7-10-3-4-13-8-16-10/h3-4,8-9H,2,5-7H2,1H3,(H,17,18)(H2,14,15,19). The minimum Gasteiger partial charge on any atom is -0.481 e. The van der Waals surface area contributed by atoms with Gasteiger partial charge in [0.2, 0.25) is 0 Å². The highest BCUT2D eigenvalue weighted by atomic mass is 16.4.